The molecule has 2 aromatic carbocycles. The van der Waals surface area contributed by atoms with Crippen LogP contribution >= 0.6 is 0 Å². The Morgan fingerprint density at radius 1 is 0.878 bits per heavy atom. The normalized spacial score (nSPS) is 22.7. The number of ether oxygens (including phenoxy) is 3. The van der Waals surface area contributed by atoms with Gasteiger partial charge in [-0.25, -0.2) is 13.2 Å². The van der Waals surface area contributed by atoms with Crippen molar-refractivity contribution >= 4 is 5.97 Å². The fraction of sp³-hybridized carbons (Fsp3) is 0.559. The van der Waals surface area contributed by atoms with Crippen molar-refractivity contribution in [3.05, 3.63) is 71.6 Å². The van der Waals surface area contributed by atoms with E-state index in [1.165, 1.54) is 12.1 Å². The molecule has 0 saturated heterocycles. The zero-order valence-corrected chi connectivity index (χ0v) is 24.1. The molecule has 0 N–H and O–H groups in total. The summed E-state index contributed by atoms with van der Waals surface area (Å²) in [7, 11) is 0. The van der Waals surface area contributed by atoms with Gasteiger partial charge in [-0.1, -0.05) is 31.6 Å². The van der Waals surface area contributed by atoms with Crippen LogP contribution in [0.15, 0.2) is 43.0 Å². The van der Waals surface area contributed by atoms with Gasteiger partial charge in [-0.05, 0) is 106 Å². The molecule has 0 atom stereocenters. The summed E-state index contributed by atoms with van der Waals surface area (Å²) in [4.78, 5) is 12.8. The first-order valence-electron chi connectivity index (χ1n) is 15.3. The number of benzene rings is 2. The number of allylic oxidation sites excluding steroid dienone is 1. The molecular formula is C34H43F3O4. The third-order valence-electron chi connectivity index (χ3n) is 8.54. The van der Waals surface area contributed by atoms with E-state index in [4.69, 9.17) is 14.2 Å². The van der Waals surface area contributed by atoms with Crippen molar-refractivity contribution in [3.63, 3.8) is 0 Å². The van der Waals surface area contributed by atoms with Gasteiger partial charge in [0.1, 0.15) is 5.75 Å². The Morgan fingerprint density at radius 2 is 1.51 bits per heavy atom. The number of carbonyl (C=O) groups is 1. The van der Waals surface area contributed by atoms with Crippen LogP contribution in [-0.2, 0) is 9.53 Å². The van der Waals surface area contributed by atoms with E-state index in [0.29, 0.717) is 43.4 Å². The van der Waals surface area contributed by atoms with E-state index in [2.05, 4.69) is 13.5 Å². The fourth-order valence-electron chi connectivity index (χ4n) is 6.06. The lowest BCUT2D eigenvalue weighted by atomic mass is 9.77. The number of unbranched alkanes of at least 4 members (excludes halogenated alkanes) is 2. The van der Waals surface area contributed by atoms with Crippen molar-refractivity contribution in [3.8, 4) is 11.5 Å². The van der Waals surface area contributed by atoms with Crippen LogP contribution in [-0.4, -0.2) is 25.3 Å². The minimum absolute atomic E-state index is 0.0119. The summed E-state index contributed by atoms with van der Waals surface area (Å²) in [6.07, 6.45) is 11.1. The summed E-state index contributed by atoms with van der Waals surface area (Å²) in [5.41, 5.74) is 0.858. The molecule has 41 heavy (non-hydrogen) atoms. The van der Waals surface area contributed by atoms with E-state index >= 15 is 8.78 Å². The predicted molar refractivity (Wildman–Crippen MR) is 154 cm³/mol. The maximum Gasteiger partial charge on any atom is 0.314 e. The number of esters is 1. The van der Waals surface area contributed by atoms with E-state index in [0.717, 1.165) is 64.0 Å². The van der Waals surface area contributed by atoms with Gasteiger partial charge in [-0.2, -0.15) is 0 Å². The van der Waals surface area contributed by atoms with Gasteiger partial charge in [0, 0.05) is 12.7 Å². The molecule has 2 fully saturated rings. The highest BCUT2D eigenvalue weighted by Gasteiger charge is 2.32. The number of carbonyl (C=O) groups excluding carboxylic acids is 1. The van der Waals surface area contributed by atoms with Crippen molar-refractivity contribution in [1.82, 2.24) is 0 Å². The Hall–Kier alpha value is -2.80. The molecule has 2 saturated carbocycles. The first-order chi connectivity index (χ1) is 19.9. The maximum absolute atomic E-state index is 15.3. The van der Waals surface area contributed by atoms with E-state index in [9.17, 15) is 9.18 Å². The quantitative estimate of drug-likeness (QED) is 0.104. The van der Waals surface area contributed by atoms with Gasteiger partial charge in [-0.15, -0.1) is 6.58 Å². The van der Waals surface area contributed by atoms with Crippen molar-refractivity contribution in [2.24, 2.45) is 5.92 Å². The van der Waals surface area contributed by atoms with Gasteiger partial charge >= 0.3 is 5.97 Å². The molecule has 0 unspecified atom stereocenters. The third-order valence-corrected chi connectivity index (χ3v) is 8.54. The summed E-state index contributed by atoms with van der Waals surface area (Å²) in [5, 5.41) is 0. The van der Waals surface area contributed by atoms with E-state index in [1.807, 2.05) is 0 Å². The molecule has 0 heterocycles. The smallest absolute Gasteiger partial charge is 0.314 e. The molecule has 0 amide bonds. The molecule has 4 nitrogen and oxygen atoms in total. The molecule has 0 bridgehead atoms. The molecule has 4 rings (SSSR count). The summed E-state index contributed by atoms with van der Waals surface area (Å²) < 4.78 is 61.7. The first-order valence-corrected chi connectivity index (χ1v) is 15.3. The van der Waals surface area contributed by atoms with Crippen LogP contribution in [0.4, 0.5) is 13.2 Å². The molecule has 0 aliphatic heterocycles. The topological polar surface area (TPSA) is 44.8 Å². The number of hydrogen-bond acceptors (Lipinski definition) is 4. The minimum atomic E-state index is -0.753. The van der Waals surface area contributed by atoms with E-state index in [1.54, 1.807) is 18.2 Å². The highest BCUT2D eigenvalue weighted by atomic mass is 19.2. The minimum Gasteiger partial charge on any atom is -0.491 e. The highest BCUT2D eigenvalue weighted by Crippen LogP contribution is 2.41. The lowest BCUT2D eigenvalue weighted by molar-refractivity contribution is -0.140. The lowest BCUT2D eigenvalue weighted by Crippen LogP contribution is -2.25. The zero-order chi connectivity index (χ0) is 29.2. The van der Waals surface area contributed by atoms with E-state index in [-0.39, 0.29) is 35.4 Å². The molecule has 2 aliphatic carbocycles. The second-order valence-electron chi connectivity index (χ2n) is 11.4. The van der Waals surface area contributed by atoms with Gasteiger partial charge in [-0.3, -0.25) is 4.79 Å². The monoisotopic (exact) mass is 572 g/mol. The summed E-state index contributed by atoms with van der Waals surface area (Å²) in [5.74, 6) is -2.78. The van der Waals surface area contributed by atoms with Crippen molar-refractivity contribution in [2.45, 2.75) is 102 Å². The van der Waals surface area contributed by atoms with Gasteiger partial charge < -0.3 is 14.2 Å². The Kier molecular flexibility index (Phi) is 11.7. The van der Waals surface area contributed by atoms with Gasteiger partial charge in [0.15, 0.2) is 23.2 Å². The highest BCUT2D eigenvalue weighted by molar-refractivity contribution is 5.75. The SMILES string of the molecule is C=CCCCOc1ccc(OC(=O)C2CCC(c3ccc(C4CCC(OCCCC)CC4)c(F)c3F)CC2)cc1F. The summed E-state index contributed by atoms with van der Waals surface area (Å²) in [6.45, 7) is 6.91. The molecule has 0 aromatic heterocycles. The fourth-order valence-corrected chi connectivity index (χ4v) is 6.06. The van der Waals surface area contributed by atoms with Gasteiger partial charge in [0.25, 0.3) is 0 Å². The van der Waals surface area contributed by atoms with Crippen LogP contribution in [0.5, 0.6) is 11.5 Å². The van der Waals surface area contributed by atoms with Crippen LogP contribution < -0.4 is 9.47 Å². The van der Waals surface area contributed by atoms with Gasteiger partial charge in [0.05, 0.1) is 18.6 Å². The van der Waals surface area contributed by atoms with E-state index < -0.39 is 23.4 Å². The molecular weight excluding hydrogens is 529 g/mol. The van der Waals surface area contributed by atoms with Gasteiger partial charge in [0.2, 0.25) is 0 Å². The Bertz CT molecular complexity index is 1150. The Balaban J connectivity index is 1.27. The summed E-state index contributed by atoms with van der Waals surface area (Å²) in [6, 6.07) is 7.62. The second kappa shape index (κ2) is 15.4. The number of rotatable bonds is 13. The standard InChI is InChI=1S/C34H43F3O4/c1-3-5-7-21-40-31-19-16-27(22-30(31)35)41-34(38)25-10-8-23(9-11-25)28-17-18-29(33(37)32(28)36)24-12-14-26(15-13-24)39-20-6-4-2/h3,16-19,22-26H,1,4-15,20-21H2,2H3. The molecule has 0 spiro atoms. The Morgan fingerprint density at radius 3 is 2.10 bits per heavy atom. The third kappa shape index (κ3) is 8.37. The van der Waals surface area contributed by atoms with Crippen molar-refractivity contribution < 1.29 is 32.2 Å². The molecule has 0 radical (unpaired) electrons. The molecule has 2 aromatic rings. The van der Waals surface area contributed by atoms with Crippen LogP contribution in [0.1, 0.15) is 107 Å². The molecule has 7 heteroatoms. The second-order valence-corrected chi connectivity index (χ2v) is 11.4. The first kappa shape index (κ1) is 31.1. The van der Waals surface area contributed by atoms with Crippen LogP contribution in [0.3, 0.4) is 0 Å². The average Bonchev–Trinajstić information content (AvgIpc) is 2.98. The maximum atomic E-state index is 15.3. The number of hydrogen-bond donors (Lipinski definition) is 0. The zero-order valence-electron chi connectivity index (χ0n) is 24.1. The Labute approximate surface area is 242 Å². The van der Waals surface area contributed by atoms with Crippen LogP contribution in [0.2, 0.25) is 0 Å². The van der Waals surface area contributed by atoms with Crippen molar-refractivity contribution in [2.75, 3.05) is 13.2 Å². The molecule has 2 aliphatic rings. The van der Waals surface area contributed by atoms with Crippen LogP contribution in [0, 0.1) is 23.4 Å². The lowest BCUT2D eigenvalue weighted by Gasteiger charge is -2.30. The average molecular weight is 573 g/mol. The van der Waals surface area contributed by atoms with Crippen molar-refractivity contribution in [1.29, 1.82) is 0 Å². The largest absolute Gasteiger partial charge is 0.491 e. The van der Waals surface area contributed by atoms with Crippen LogP contribution in [0.25, 0.3) is 0 Å². The predicted octanol–water partition coefficient (Wildman–Crippen LogP) is 9.17. The molecule has 224 valence electrons. The summed E-state index contributed by atoms with van der Waals surface area (Å²) >= 11 is 0. The number of halogens is 3.